The zero-order valence-electron chi connectivity index (χ0n) is 15.3. The van der Waals surface area contributed by atoms with E-state index in [4.69, 9.17) is 0 Å². The summed E-state index contributed by atoms with van der Waals surface area (Å²) in [5, 5.41) is 2.80. The number of nitrogens with one attached hydrogen (secondary N) is 1. The van der Waals surface area contributed by atoms with Gasteiger partial charge in [0, 0.05) is 37.6 Å². The summed E-state index contributed by atoms with van der Waals surface area (Å²) in [4.78, 5) is 28.7. The molecule has 2 aliphatic rings. The highest BCUT2D eigenvalue weighted by atomic mass is 16.2. The van der Waals surface area contributed by atoms with E-state index in [1.54, 1.807) is 0 Å². The van der Waals surface area contributed by atoms with Crippen molar-refractivity contribution in [2.24, 2.45) is 5.92 Å². The molecule has 1 heterocycles. The molecule has 1 aromatic carbocycles. The van der Waals surface area contributed by atoms with E-state index in [1.165, 1.54) is 5.56 Å². The van der Waals surface area contributed by atoms with Crippen molar-refractivity contribution in [2.75, 3.05) is 26.2 Å². The number of benzene rings is 1. The molecule has 0 unspecified atom stereocenters. The van der Waals surface area contributed by atoms with Crippen LogP contribution in [0.1, 0.15) is 44.7 Å². The first-order chi connectivity index (χ1) is 12.1. The maximum absolute atomic E-state index is 12.5. The summed E-state index contributed by atoms with van der Waals surface area (Å²) in [6.07, 6.45) is 2.92. The van der Waals surface area contributed by atoms with Crippen LogP contribution in [-0.4, -0.2) is 53.8 Å². The molecule has 5 heteroatoms. The van der Waals surface area contributed by atoms with E-state index >= 15 is 0 Å². The van der Waals surface area contributed by atoms with Crippen LogP contribution in [0.15, 0.2) is 30.3 Å². The van der Waals surface area contributed by atoms with Gasteiger partial charge in [0.15, 0.2) is 0 Å². The van der Waals surface area contributed by atoms with Crippen LogP contribution < -0.4 is 5.32 Å². The van der Waals surface area contributed by atoms with E-state index in [2.05, 4.69) is 41.4 Å². The lowest BCUT2D eigenvalue weighted by Gasteiger charge is -2.30. The maximum Gasteiger partial charge on any atom is 0.242 e. The van der Waals surface area contributed by atoms with Crippen LogP contribution in [0, 0.1) is 5.92 Å². The van der Waals surface area contributed by atoms with Gasteiger partial charge in [0.1, 0.15) is 0 Å². The molecule has 1 saturated carbocycles. The Hall–Kier alpha value is -1.88. The van der Waals surface area contributed by atoms with Crippen LogP contribution >= 0.6 is 0 Å². The largest absolute Gasteiger partial charge is 0.347 e. The number of likely N-dealkylation sites (N-methyl/N-ethyl adjacent to an activating group) is 1. The normalized spacial score (nSPS) is 21.8. The summed E-state index contributed by atoms with van der Waals surface area (Å²) in [5.41, 5.74) is 1.31. The lowest BCUT2D eigenvalue weighted by atomic mass is 10.1. The Morgan fingerprint density at radius 2 is 1.96 bits per heavy atom. The first kappa shape index (κ1) is 17.9. The van der Waals surface area contributed by atoms with Gasteiger partial charge in [-0.1, -0.05) is 30.3 Å². The third-order valence-corrected chi connectivity index (χ3v) is 5.49. The minimum absolute atomic E-state index is 0.0372. The summed E-state index contributed by atoms with van der Waals surface area (Å²) >= 11 is 0. The van der Waals surface area contributed by atoms with E-state index in [1.807, 2.05) is 17.9 Å². The first-order valence-corrected chi connectivity index (χ1v) is 9.46. The van der Waals surface area contributed by atoms with Crippen molar-refractivity contribution in [1.29, 1.82) is 0 Å². The lowest BCUT2D eigenvalue weighted by Crippen LogP contribution is -2.46. The minimum atomic E-state index is 0.0372. The van der Waals surface area contributed by atoms with Crippen molar-refractivity contribution in [3.05, 3.63) is 35.9 Å². The Morgan fingerprint density at radius 1 is 1.24 bits per heavy atom. The molecular formula is C20H29N3O2. The molecule has 1 aliphatic heterocycles. The molecule has 1 aromatic rings. The molecule has 2 atom stereocenters. The molecule has 2 amide bonds. The Kier molecular flexibility index (Phi) is 5.74. The Morgan fingerprint density at radius 3 is 2.60 bits per heavy atom. The predicted molar refractivity (Wildman–Crippen MR) is 98.0 cm³/mol. The second-order valence-electron chi connectivity index (χ2n) is 7.20. The number of hydrogen-bond acceptors (Lipinski definition) is 3. The van der Waals surface area contributed by atoms with Gasteiger partial charge in [0.25, 0.3) is 0 Å². The van der Waals surface area contributed by atoms with Crippen LogP contribution in [0.3, 0.4) is 0 Å². The van der Waals surface area contributed by atoms with Crippen molar-refractivity contribution < 1.29 is 9.59 Å². The van der Waals surface area contributed by atoms with Crippen molar-refractivity contribution in [1.82, 2.24) is 15.1 Å². The molecule has 1 aliphatic carbocycles. The number of carbonyl (C=O) groups is 2. The number of amides is 2. The average molecular weight is 343 g/mol. The molecule has 3 rings (SSSR count). The average Bonchev–Trinajstić information content (AvgIpc) is 3.39. The van der Waals surface area contributed by atoms with Crippen molar-refractivity contribution in [2.45, 2.75) is 45.2 Å². The second kappa shape index (κ2) is 8.00. The topological polar surface area (TPSA) is 52.7 Å². The van der Waals surface area contributed by atoms with E-state index in [0.717, 1.165) is 32.4 Å². The van der Waals surface area contributed by atoms with Gasteiger partial charge in [-0.15, -0.1) is 0 Å². The molecule has 1 saturated heterocycles. The maximum atomic E-state index is 12.5. The molecule has 25 heavy (non-hydrogen) atoms. The molecule has 0 spiro atoms. The Bertz CT molecular complexity index is 600. The molecule has 0 bridgehead atoms. The van der Waals surface area contributed by atoms with Gasteiger partial charge in [-0.25, -0.2) is 0 Å². The predicted octanol–water partition coefficient (Wildman–Crippen LogP) is 2.20. The van der Waals surface area contributed by atoms with E-state index in [0.29, 0.717) is 12.6 Å². The van der Waals surface area contributed by atoms with Gasteiger partial charge in [-0.05, 0) is 38.7 Å². The highest BCUT2D eigenvalue weighted by Gasteiger charge is 2.33. The molecule has 136 valence electrons. The summed E-state index contributed by atoms with van der Waals surface area (Å²) in [6.45, 7) is 6.96. The number of rotatable bonds is 7. The monoisotopic (exact) mass is 343 g/mol. The molecule has 0 aromatic heterocycles. The van der Waals surface area contributed by atoms with Gasteiger partial charge in [-0.2, -0.15) is 0 Å². The van der Waals surface area contributed by atoms with Gasteiger partial charge in [0.2, 0.25) is 11.8 Å². The van der Waals surface area contributed by atoms with Crippen molar-refractivity contribution >= 4 is 11.8 Å². The van der Waals surface area contributed by atoms with E-state index < -0.39 is 0 Å². The van der Waals surface area contributed by atoms with Crippen molar-refractivity contribution in [3.63, 3.8) is 0 Å². The zero-order chi connectivity index (χ0) is 17.8. The molecule has 1 N–H and O–H groups in total. The van der Waals surface area contributed by atoms with Crippen LogP contribution in [0.2, 0.25) is 0 Å². The zero-order valence-corrected chi connectivity index (χ0v) is 15.3. The third-order valence-electron chi connectivity index (χ3n) is 5.49. The van der Waals surface area contributed by atoms with Crippen LogP contribution in [-0.2, 0) is 9.59 Å². The second-order valence-corrected chi connectivity index (χ2v) is 7.20. The van der Waals surface area contributed by atoms with Crippen LogP contribution in [0.5, 0.6) is 0 Å². The summed E-state index contributed by atoms with van der Waals surface area (Å²) in [5.74, 6) is 0.224. The number of hydrogen-bond donors (Lipinski definition) is 1. The quantitative estimate of drug-likeness (QED) is 0.826. The van der Waals surface area contributed by atoms with Gasteiger partial charge in [-0.3, -0.25) is 14.5 Å². The van der Waals surface area contributed by atoms with Gasteiger partial charge >= 0.3 is 0 Å². The number of likely N-dealkylation sites (tertiary alicyclic amines) is 1. The highest BCUT2D eigenvalue weighted by Crippen LogP contribution is 2.29. The lowest BCUT2D eigenvalue weighted by molar-refractivity contribution is -0.134. The molecule has 5 nitrogen and oxygen atoms in total. The van der Waals surface area contributed by atoms with E-state index in [-0.39, 0.29) is 30.3 Å². The Labute approximate surface area is 150 Å². The van der Waals surface area contributed by atoms with Crippen molar-refractivity contribution in [3.8, 4) is 0 Å². The minimum Gasteiger partial charge on any atom is -0.347 e. The summed E-state index contributed by atoms with van der Waals surface area (Å²) in [6, 6.07) is 11.1. The molecule has 2 fully saturated rings. The summed E-state index contributed by atoms with van der Waals surface area (Å²) < 4.78 is 0. The molecule has 0 radical (unpaired) electrons. The molecular weight excluding hydrogens is 314 g/mol. The van der Waals surface area contributed by atoms with E-state index in [9.17, 15) is 9.59 Å². The van der Waals surface area contributed by atoms with Crippen LogP contribution in [0.4, 0.5) is 0 Å². The first-order valence-electron chi connectivity index (χ1n) is 9.46. The fourth-order valence-electron chi connectivity index (χ4n) is 3.71. The number of carbonyl (C=O) groups excluding carboxylic acids is 2. The Balaban J connectivity index is 1.53. The fourth-order valence-corrected chi connectivity index (χ4v) is 3.71. The fraction of sp³-hybridized carbons (Fsp3) is 0.600. The highest BCUT2D eigenvalue weighted by molar-refractivity contribution is 5.87. The summed E-state index contributed by atoms with van der Waals surface area (Å²) in [7, 11) is 0. The van der Waals surface area contributed by atoms with Gasteiger partial charge < -0.3 is 10.2 Å². The third kappa shape index (κ3) is 4.40. The smallest absolute Gasteiger partial charge is 0.242 e. The standard InChI is InChI=1S/C20H29N3O2/c1-3-23(19(24)13-21-20(25)17-9-10-17)18-11-12-22(14-18)15(2)16-7-5-4-6-8-16/h4-8,15,17-18H,3,9-14H2,1-2H3,(H,21,25)/t15-,18+/m1/s1. The number of nitrogens with zero attached hydrogens (tertiary/aromatic N) is 2. The van der Waals surface area contributed by atoms with Crippen LogP contribution in [0.25, 0.3) is 0 Å². The SMILES string of the molecule is CCN(C(=O)CNC(=O)C1CC1)[C@H]1CCN([C@H](C)c2ccccc2)C1. The van der Waals surface area contributed by atoms with Gasteiger partial charge in [0.05, 0.1) is 6.54 Å².